The molecular formula is C72H64AuClP4. The summed E-state index contributed by atoms with van der Waals surface area (Å²) < 4.78 is 0. The molecule has 0 radical (unpaired) electrons. The third-order valence-electron chi connectivity index (χ3n) is 15.5. The second kappa shape index (κ2) is 22.3. The minimum atomic E-state index is -6.70. The summed E-state index contributed by atoms with van der Waals surface area (Å²) in [7, 11) is 12.3. The van der Waals surface area contributed by atoms with Crippen molar-refractivity contribution in [2.75, 3.05) is 0 Å². The number of rotatable bonds is 16. The molecule has 0 aliphatic heterocycles. The van der Waals surface area contributed by atoms with Gasteiger partial charge in [-0.15, -0.1) is 0 Å². The van der Waals surface area contributed by atoms with E-state index in [4.69, 9.17) is 0 Å². The van der Waals surface area contributed by atoms with Crippen LogP contribution >= 0.6 is 29.8 Å². The summed E-state index contributed by atoms with van der Waals surface area (Å²) >= 11 is -6.70. The van der Waals surface area contributed by atoms with E-state index >= 15 is 0 Å². The van der Waals surface area contributed by atoms with Crippen LogP contribution in [0.15, 0.2) is 364 Å². The first-order valence-corrected chi connectivity index (χ1v) is 49.5. The van der Waals surface area contributed by atoms with Gasteiger partial charge in [-0.2, -0.15) is 0 Å². The Morgan fingerprint density at radius 1 is 0.141 bits per heavy atom. The van der Waals surface area contributed by atoms with Crippen molar-refractivity contribution in [1.82, 2.24) is 0 Å². The van der Waals surface area contributed by atoms with Crippen LogP contribution in [0.5, 0.6) is 0 Å². The van der Waals surface area contributed by atoms with Crippen molar-refractivity contribution >= 4 is 93.5 Å². The summed E-state index contributed by atoms with van der Waals surface area (Å²) in [5.74, 6) is 0. The Balaban J connectivity index is 1.67. The molecule has 0 saturated heterocycles. The molecule has 0 bridgehead atoms. The Kier molecular flexibility index (Phi) is 14.9. The predicted octanol–water partition coefficient (Wildman–Crippen LogP) is 13.4. The average molecular weight is 1290 g/mol. The van der Waals surface area contributed by atoms with Crippen molar-refractivity contribution in [2.45, 2.75) is 0 Å². The standard InChI is InChI=1S/4C18H15P.Au.ClH/c4*1-4-10-16(11-5-1)19(17-12-6-2-7-13-17)18-14-8-3-9-15-18;;/h4*1-15H;;1H/q;;;;-3;/p+3. The number of hydrogen-bond donors (Lipinski definition) is 0. The third kappa shape index (κ3) is 7.40. The maximum atomic E-state index is 12.3. The number of halogens is 1. The van der Waals surface area contributed by atoms with Gasteiger partial charge in [-0.3, -0.25) is 0 Å². The molecule has 0 atom stereocenters. The molecule has 0 aliphatic rings. The van der Waals surface area contributed by atoms with Crippen LogP contribution in [0.3, 0.4) is 0 Å². The van der Waals surface area contributed by atoms with Gasteiger partial charge < -0.3 is 0 Å². The van der Waals surface area contributed by atoms with Crippen LogP contribution in [-0.4, -0.2) is 0 Å². The summed E-state index contributed by atoms with van der Waals surface area (Å²) in [5, 5.41) is -1.12. The van der Waals surface area contributed by atoms with E-state index in [-0.39, 0.29) is 0 Å². The summed E-state index contributed by atoms with van der Waals surface area (Å²) in [5.41, 5.74) is 0. The van der Waals surface area contributed by atoms with Gasteiger partial charge in [0, 0.05) is 0 Å². The molecule has 0 unspecified atom stereocenters. The zero-order valence-electron chi connectivity index (χ0n) is 43.3. The van der Waals surface area contributed by atoms with Gasteiger partial charge in [0.15, 0.2) is 0 Å². The van der Waals surface area contributed by atoms with Crippen LogP contribution in [-0.2, 0) is 12.6 Å². The van der Waals surface area contributed by atoms with Crippen molar-refractivity contribution in [3.05, 3.63) is 364 Å². The van der Waals surface area contributed by atoms with Crippen molar-refractivity contribution < 1.29 is 12.6 Å². The quantitative estimate of drug-likeness (QED) is 0.0668. The summed E-state index contributed by atoms with van der Waals surface area (Å²) in [6.07, 6.45) is 0. The van der Waals surface area contributed by atoms with Gasteiger partial charge in [0.05, 0.1) is 0 Å². The number of benzene rings is 12. The summed E-state index contributed by atoms with van der Waals surface area (Å²) in [4.78, 5) is 0. The molecule has 0 nitrogen and oxygen atoms in total. The zero-order valence-corrected chi connectivity index (χ0v) is 50.2. The van der Waals surface area contributed by atoms with Gasteiger partial charge in [0.2, 0.25) is 0 Å². The van der Waals surface area contributed by atoms with Crippen LogP contribution in [0.25, 0.3) is 0 Å². The topological polar surface area (TPSA) is 0 Å². The first-order valence-electron chi connectivity index (χ1n) is 26.6. The zero-order chi connectivity index (χ0) is 52.8. The first-order chi connectivity index (χ1) is 38.6. The molecule has 0 fully saturated rings. The van der Waals surface area contributed by atoms with Crippen molar-refractivity contribution in [3.8, 4) is 0 Å². The van der Waals surface area contributed by atoms with Gasteiger partial charge in [0.25, 0.3) is 0 Å². The third-order valence-corrected chi connectivity index (χ3v) is 174. The number of hydrogen-bond acceptors (Lipinski definition) is 0. The van der Waals surface area contributed by atoms with E-state index in [1.807, 2.05) is 0 Å². The second-order valence-electron chi connectivity index (χ2n) is 19.5. The summed E-state index contributed by atoms with van der Waals surface area (Å²) in [6.45, 7) is 0. The Bertz CT molecular complexity index is 2930. The molecule has 12 aromatic carbocycles. The van der Waals surface area contributed by atoms with Crippen LogP contribution in [0.2, 0.25) is 0 Å². The second-order valence-corrected chi connectivity index (χ2v) is 100. The SMILES string of the molecule is [Cl][Au]([PH](c1ccccc1)(c1ccccc1)c1ccccc1)([PH](c1ccccc1)(c1ccccc1)c1ccccc1)([PH](c1ccccc1)(c1ccccc1)c1ccccc1)[PH](c1ccccc1)(c1ccccc1)c1ccccc1. The molecule has 390 valence electrons. The molecule has 0 heterocycles. The van der Waals surface area contributed by atoms with E-state index < -0.39 is 33.2 Å². The van der Waals surface area contributed by atoms with Crippen LogP contribution < -0.4 is 63.7 Å². The molecule has 0 saturated carbocycles. The predicted molar refractivity (Wildman–Crippen MR) is 352 cm³/mol. The summed E-state index contributed by atoms with van der Waals surface area (Å²) in [6, 6.07) is 143. The Morgan fingerprint density at radius 2 is 0.218 bits per heavy atom. The van der Waals surface area contributed by atoms with Gasteiger partial charge in [0.1, 0.15) is 0 Å². The molecule has 0 aromatic heterocycles. The molecule has 6 heteroatoms. The maximum absolute atomic E-state index is 12.3. The fourth-order valence-electron chi connectivity index (χ4n) is 12.8. The molecule has 0 amide bonds. The van der Waals surface area contributed by atoms with Crippen molar-refractivity contribution in [1.29, 1.82) is 0 Å². The molecule has 0 aliphatic carbocycles. The van der Waals surface area contributed by atoms with Gasteiger partial charge >= 0.3 is 470 Å². The van der Waals surface area contributed by atoms with Crippen molar-refractivity contribution in [2.24, 2.45) is 0 Å². The van der Waals surface area contributed by atoms with E-state index in [1.54, 1.807) is 0 Å². The van der Waals surface area contributed by atoms with E-state index in [9.17, 15) is 9.19 Å². The molecule has 12 rings (SSSR count). The first kappa shape index (κ1) is 52.1. The van der Waals surface area contributed by atoms with Crippen molar-refractivity contribution in [3.63, 3.8) is 0 Å². The fourth-order valence-corrected chi connectivity index (χ4v) is 254. The van der Waals surface area contributed by atoms with Crippen LogP contribution in [0.1, 0.15) is 0 Å². The molecule has 0 spiro atoms. The van der Waals surface area contributed by atoms with E-state index in [1.165, 1.54) is 63.7 Å². The van der Waals surface area contributed by atoms with E-state index in [0.717, 1.165) is 0 Å². The monoisotopic (exact) mass is 1280 g/mol. The van der Waals surface area contributed by atoms with E-state index in [2.05, 4.69) is 364 Å². The Hall–Kier alpha value is -6.61. The Morgan fingerprint density at radius 3 is 0.295 bits per heavy atom. The molecule has 78 heavy (non-hydrogen) atoms. The van der Waals surface area contributed by atoms with Gasteiger partial charge in [-0.05, 0) is 0 Å². The normalized spacial score (nSPS) is 13.5. The van der Waals surface area contributed by atoms with Gasteiger partial charge in [-0.1, -0.05) is 0 Å². The minimum absolute atomic E-state index is 1.32. The molecular weight excluding hydrogens is 1220 g/mol. The van der Waals surface area contributed by atoms with Gasteiger partial charge in [-0.25, -0.2) is 0 Å². The molecule has 12 aromatic rings. The molecule has 0 N–H and O–H groups in total. The van der Waals surface area contributed by atoms with E-state index in [0.29, 0.717) is 0 Å². The average Bonchev–Trinajstić information content (AvgIpc) is 2.58. The fraction of sp³-hybridized carbons (Fsp3) is 0. The van der Waals surface area contributed by atoms with Crippen LogP contribution in [0.4, 0.5) is 0 Å². The van der Waals surface area contributed by atoms with Crippen LogP contribution in [0, 0.1) is 0 Å². The Labute approximate surface area is 466 Å².